The molecule has 0 saturated carbocycles. The van der Waals surface area contributed by atoms with E-state index in [9.17, 15) is 0 Å². The van der Waals surface area contributed by atoms with Crippen LogP contribution in [0.1, 0.15) is 19.8 Å². The Labute approximate surface area is 62.7 Å². The van der Waals surface area contributed by atoms with Crippen molar-refractivity contribution in [3.63, 3.8) is 0 Å². The zero-order chi connectivity index (χ0) is 7.98. The summed E-state index contributed by atoms with van der Waals surface area (Å²) in [6.45, 7) is 2.58. The van der Waals surface area contributed by atoms with Gasteiger partial charge in [-0.15, -0.1) is 0 Å². The van der Waals surface area contributed by atoms with E-state index >= 15 is 0 Å². The number of nitrogens with two attached hydrogens (primary N) is 2. The fraction of sp³-hybridized carbons (Fsp3) is 1.00. The van der Waals surface area contributed by atoms with Crippen molar-refractivity contribution < 1.29 is 4.74 Å². The van der Waals surface area contributed by atoms with Crippen LogP contribution in [-0.2, 0) is 4.74 Å². The van der Waals surface area contributed by atoms with E-state index in [0.717, 1.165) is 12.8 Å². The highest BCUT2D eigenvalue weighted by Gasteiger charge is 2.04. The number of hydrogen-bond donors (Lipinski definition) is 2. The maximum atomic E-state index is 5.55. The molecule has 62 valence electrons. The summed E-state index contributed by atoms with van der Waals surface area (Å²) in [6, 6.07) is 0.254. The van der Waals surface area contributed by atoms with Crippen LogP contribution in [0.25, 0.3) is 0 Å². The quantitative estimate of drug-likeness (QED) is 0.577. The zero-order valence-electron chi connectivity index (χ0n) is 6.84. The maximum Gasteiger partial charge on any atom is 0.0694 e. The third kappa shape index (κ3) is 4.73. The first-order chi connectivity index (χ1) is 4.70. The van der Waals surface area contributed by atoms with Gasteiger partial charge in [-0.2, -0.15) is 0 Å². The molecule has 0 aliphatic rings. The summed E-state index contributed by atoms with van der Waals surface area (Å²) in [5.74, 6) is 0. The summed E-state index contributed by atoms with van der Waals surface area (Å²) in [5, 5.41) is 0. The summed E-state index contributed by atoms with van der Waals surface area (Å²) >= 11 is 0. The van der Waals surface area contributed by atoms with Crippen LogP contribution in [0, 0.1) is 0 Å². The van der Waals surface area contributed by atoms with Crippen LogP contribution in [0.2, 0.25) is 0 Å². The van der Waals surface area contributed by atoms with E-state index < -0.39 is 0 Å². The number of methoxy groups -OCH3 is 1. The van der Waals surface area contributed by atoms with E-state index in [1.165, 1.54) is 0 Å². The van der Waals surface area contributed by atoms with Gasteiger partial charge in [0.05, 0.1) is 6.10 Å². The SMILES string of the molecule is COC(CN)CC[C@H](C)N. The lowest BCUT2D eigenvalue weighted by Crippen LogP contribution is -2.25. The minimum atomic E-state index is 0.186. The average Bonchev–Trinajstić information content (AvgIpc) is 1.90. The van der Waals surface area contributed by atoms with E-state index in [0.29, 0.717) is 6.54 Å². The molecule has 0 aromatic carbocycles. The van der Waals surface area contributed by atoms with Crippen molar-refractivity contribution >= 4 is 0 Å². The van der Waals surface area contributed by atoms with Crippen LogP contribution < -0.4 is 11.5 Å². The van der Waals surface area contributed by atoms with Crippen molar-refractivity contribution in [2.24, 2.45) is 11.5 Å². The molecular weight excluding hydrogens is 128 g/mol. The minimum Gasteiger partial charge on any atom is -0.380 e. The molecule has 0 aliphatic carbocycles. The topological polar surface area (TPSA) is 61.3 Å². The van der Waals surface area contributed by atoms with Crippen LogP contribution in [0.5, 0.6) is 0 Å². The highest BCUT2D eigenvalue weighted by molar-refractivity contribution is 4.61. The second-order valence-electron chi connectivity index (χ2n) is 2.65. The van der Waals surface area contributed by atoms with Gasteiger partial charge in [0.25, 0.3) is 0 Å². The fourth-order valence-electron chi connectivity index (χ4n) is 0.781. The van der Waals surface area contributed by atoms with E-state index in [1.54, 1.807) is 7.11 Å². The number of ether oxygens (including phenoxy) is 1. The highest BCUT2D eigenvalue weighted by Crippen LogP contribution is 2.00. The van der Waals surface area contributed by atoms with Gasteiger partial charge in [-0.3, -0.25) is 0 Å². The zero-order valence-corrected chi connectivity index (χ0v) is 6.84. The molecule has 3 heteroatoms. The van der Waals surface area contributed by atoms with Gasteiger partial charge in [0.1, 0.15) is 0 Å². The second kappa shape index (κ2) is 5.65. The van der Waals surface area contributed by atoms with Gasteiger partial charge in [0.2, 0.25) is 0 Å². The van der Waals surface area contributed by atoms with Crippen LogP contribution >= 0.6 is 0 Å². The van der Waals surface area contributed by atoms with Gasteiger partial charge in [-0.1, -0.05) is 0 Å². The molecule has 0 aromatic rings. The first-order valence-corrected chi connectivity index (χ1v) is 3.69. The van der Waals surface area contributed by atoms with Crippen LogP contribution in [0.4, 0.5) is 0 Å². The molecule has 0 heterocycles. The maximum absolute atomic E-state index is 5.55. The van der Waals surface area contributed by atoms with Crippen LogP contribution in [0.3, 0.4) is 0 Å². The largest absolute Gasteiger partial charge is 0.380 e. The van der Waals surface area contributed by atoms with Gasteiger partial charge in [-0.25, -0.2) is 0 Å². The van der Waals surface area contributed by atoms with E-state index in [-0.39, 0.29) is 12.1 Å². The summed E-state index contributed by atoms with van der Waals surface area (Å²) in [7, 11) is 1.68. The van der Waals surface area contributed by atoms with Crippen molar-refractivity contribution in [2.75, 3.05) is 13.7 Å². The molecule has 0 aliphatic heterocycles. The fourth-order valence-corrected chi connectivity index (χ4v) is 0.781. The molecule has 0 aromatic heterocycles. The molecule has 0 fully saturated rings. The Balaban J connectivity index is 3.26. The Morgan fingerprint density at radius 2 is 2.00 bits per heavy atom. The Hall–Kier alpha value is -0.120. The molecule has 2 atom stereocenters. The van der Waals surface area contributed by atoms with Crippen molar-refractivity contribution in [3.8, 4) is 0 Å². The Morgan fingerprint density at radius 3 is 2.30 bits per heavy atom. The number of hydrogen-bond acceptors (Lipinski definition) is 3. The summed E-state index contributed by atoms with van der Waals surface area (Å²) in [4.78, 5) is 0. The van der Waals surface area contributed by atoms with Crippen LogP contribution in [-0.4, -0.2) is 25.8 Å². The molecule has 1 unspecified atom stereocenters. The lowest BCUT2D eigenvalue weighted by Gasteiger charge is -2.13. The van der Waals surface area contributed by atoms with E-state index in [2.05, 4.69) is 0 Å². The van der Waals surface area contributed by atoms with E-state index in [4.69, 9.17) is 16.2 Å². The number of rotatable bonds is 5. The van der Waals surface area contributed by atoms with Crippen molar-refractivity contribution in [1.29, 1.82) is 0 Å². The molecule has 0 spiro atoms. The average molecular weight is 146 g/mol. The van der Waals surface area contributed by atoms with Gasteiger partial charge in [0.15, 0.2) is 0 Å². The lowest BCUT2D eigenvalue weighted by molar-refractivity contribution is 0.0989. The molecule has 0 bridgehead atoms. The predicted molar refractivity (Wildman–Crippen MR) is 42.7 cm³/mol. The van der Waals surface area contributed by atoms with Gasteiger partial charge in [0, 0.05) is 19.7 Å². The van der Waals surface area contributed by atoms with Gasteiger partial charge in [-0.05, 0) is 19.8 Å². The molecule has 0 amide bonds. The molecule has 0 radical (unpaired) electrons. The monoisotopic (exact) mass is 146 g/mol. The minimum absolute atomic E-state index is 0.186. The first-order valence-electron chi connectivity index (χ1n) is 3.69. The van der Waals surface area contributed by atoms with Gasteiger partial charge < -0.3 is 16.2 Å². The van der Waals surface area contributed by atoms with Crippen molar-refractivity contribution in [3.05, 3.63) is 0 Å². The Morgan fingerprint density at radius 1 is 1.40 bits per heavy atom. The Kier molecular flexibility index (Phi) is 5.58. The smallest absolute Gasteiger partial charge is 0.0694 e. The van der Waals surface area contributed by atoms with Crippen molar-refractivity contribution in [1.82, 2.24) is 0 Å². The highest BCUT2D eigenvalue weighted by atomic mass is 16.5. The molecule has 0 rings (SSSR count). The summed E-state index contributed by atoms with van der Waals surface area (Å²) in [5.41, 5.74) is 11.0. The molecule has 10 heavy (non-hydrogen) atoms. The molecule has 0 saturated heterocycles. The predicted octanol–water partition coefficient (Wildman–Crippen LogP) is 0.0875. The third-order valence-electron chi connectivity index (χ3n) is 1.54. The van der Waals surface area contributed by atoms with Crippen molar-refractivity contribution in [2.45, 2.75) is 31.9 Å². The molecule has 3 nitrogen and oxygen atoms in total. The lowest BCUT2D eigenvalue weighted by atomic mass is 10.1. The third-order valence-corrected chi connectivity index (χ3v) is 1.54. The standard InChI is InChI=1S/C7H18N2O/c1-6(9)3-4-7(5-8)10-2/h6-7H,3-5,8-9H2,1-2H3/t6-,7?/m0/s1. The summed E-state index contributed by atoms with van der Waals surface area (Å²) in [6.07, 6.45) is 2.13. The second-order valence-corrected chi connectivity index (χ2v) is 2.65. The van der Waals surface area contributed by atoms with Gasteiger partial charge >= 0.3 is 0 Å². The van der Waals surface area contributed by atoms with Crippen LogP contribution in [0.15, 0.2) is 0 Å². The molecule has 4 N–H and O–H groups in total. The van der Waals surface area contributed by atoms with E-state index in [1.807, 2.05) is 6.92 Å². The normalized spacial score (nSPS) is 16.8. The Bertz CT molecular complexity index is 72.0. The molecular formula is C7H18N2O. The first kappa shape index (κ1) is 9.88. The summed E-state index contributed by atoms with van der Waals surface area (Å²) < 4.78 is 5.07.